The molecule has 0 radical (unpaired) electrons. The molecule has 76 valence electrons. The molecule has 0 saturated heterocycles. The van der Waals surface area contributed by atoms with Crippen LogP contribution in [0.4, 0.5) is 5.69 Å². The van der Waals surface area contributed by atoms with Gasteiger partial charge in [-0.3, -0.25) is 0 Å². The average Bonchev–Trinajstić information content (AvgIpc) is 2.19. The van der Waals surface area contributed by atoms with Crippen molar-refractivity contribution in [2.24, 2.45) is 5.73 Å². The van der Waals surface area contributed by atoms with E-state index in [2.05, 4.69) is 5.32 Å². The number of phenols is 1. The van der Waals surface area contributed by atoms with Gasteiger partial charge in [0.25, 0.3) is 0 Å². The van der Waals surface area contributed by atoms with Gasteiger partial charge in [0.15, 0.2) is 5.11 Å². The number of anilines is 1. The third-order valence-corrected chi connectivity index (χ3v) is 2.26. The van der Waals surface area contributed by atoms with Crippen LogP contribution in [0.3, 0.4) is 0 Å². The summed E-state index contributed by atoms with van der Waals surface area (Å²) in [7, 11) is 0. The fourth-order valence-corrected chi connectivity index (χ4v) is 1.65. The molecule has 3 nitrogen and oxygen atoms in total. The predicted octanol–water partition coefficient (Wildman–Crippen LogP) is 2.20. The highest BCUT2D eigenvalue weighted by Gasteiger charge is 2.03. The lowest BCUT2D eigenvalue weighted by molar-refractivity contribution is 0.481. The van der Waals surface area contributed by atoms with E-state index >= 15 is 0 Å². The fourth-order valence-electron chi connectivity index (χ4n) is 1.54. The summed E-state index contributed by atoms with van der Waals surface area (Å²) >= 11 is 4.78. The standard InChI is InChI=1S/C11H10N2OS/c12-11(15)13-9-5-1-4-8-7(9)3-2-6-10(8)14/h1-6,14H,(H3,12,13,15). The summed E-state index contributed by atoms with van der Waals surface area (Å²) in [4.78, 5) is 0. The van der Waals surface area contributed by atoms with Crippen LogP contribution in [0.15, 0.2) is 36.4 Å². The van der Waals surface area contributed by atoms with E-state index < -0.39 is 0 Å². The molecule has 0 aliphatic heterocycles. The fraction of sp³-hybridized carbons (Fsp3) is 0. The van der Waals surface area contributed by atoms with E-state index in [1.165, 1.54) is 0 Å². The van der Waals surface area contributed by atoms with Gasteiger partial charge in [-0.1, -0.05) is 24.3 Å². The maximum atomic E-state index is 9.64. The van der Waals surface area contributed by atoms with Crippen LogP contribution < -0.4 is 11.1 Å². The third-order valence-electron chi connectivity index (χ3n) is 2.16. The van der Waals surface area contributed by atoms with Gasteiger partial charge < -0.3 is 16.2 Å². The number of thiocarbonyl (C=S) groups is 1. The van der Waals surface area contributed by atoms with Gasteiger partial charge in [-0.15, -0.1) is 0 Å². The molecule has 0 saturated carbocycles. The Bertz CT molecular complexity index is 525. The maximum absolute atomic E-state index is 9.64. The minimum atomic E-state index is 0.214. The molecule has 2 aromatic carbocycles. The Morgan fingerprint density at radius 2 is 1.80 bits per heavy atom. The van der Waals surface area contributed by atoms with Crippen LogP contribution in [0.5, 0.6) is 5.75 Å². The van der Waals surface area contributed by atoms with Gasteiger partial charge in [0.1, 0.15) is 5.75 Å². The third kappa shape index (κ3) is 1.85. The van der Waals surface area contributed by atoms with E-state index in [-0.39, 0.29) is 10.9 Å². The van der Waals surface area contributed by atoms with Crippen LogP contribution in [-0.4, -0.2) is 10.2 Å². The molecular formula is C11H10N2OS. The molecule has 2 aromatic rings. The van der Waals surface area contributed by atoms with Gasteiger partial charge in [-0.25, -0.2) is 0 Å². The lowest BCUT2D eigenvalue weighted by Crippen LogP contribution is -2.18. The first kappa shape index (κ1) is 9.73. The number of hydrogen-bond donors (Lipinski definition) is 3. The van der Waals surface area contributed by atoms with E-state index in [0.717, 1.165) is 16.5 Å². The Morgan fingerprint density at radius 1 is 1.13 bits per heavy atom. The highest BCUT2D eigenvalue weighted by atomic mass is 32.1. The Hall–Kier alpha value is -1.81. The van der Waals surface area contributed by atoms with Crippen molar-refractivity contribution in [2.45, 2.75) is 0 Å². The molecule has 4 N–H and O–H groups in total. The minimum absolute atomic E-state index is 0.214. The maximum Gasteiger partial charge on any atom is 0.168 e. The highest BCUT2D eigenvalue weighted by Crippen LogP contribution is 2.29. The van der Waals surface area contributed by atoms with E-state index in [1.54, 1.807) is 12.1 Å². The summed E-state index contributed by atoms with van der Waals surface area (Å²) < 4.78 is 0. The summed E-state index contributed by atoms with van der Waals surface area (Å²) in [6.45, 7) is 0. The highest BCUT2D eigenvalue weighted by molar-refractivity contribution is 7.80. The van der Waals surface area contributed by atoms with Crippen LogP contribution >= 0.6 is 12.2 Å². The summed E-state index contributed by atoms with van der Waals surface area (Å²) in [5.74, 6) is 0.249. The molecule has 0 atom stereocenters. The Labute approximate surface area is 92.5 Å². The van der Waals surface area contributed by atoms with Crippen LogP contribution in [0, 0.1) is 0 Å². The van der Waals surface area contributed by atoms with Gasteiger partial charge in [0.2, 0.25) is 0 Å². The van der Waals surface area contributed by atoms with Crippen molar-refractivity contribution in [3.63, 3.8) is 0 Å². The van der Waals surface area contributed by atoms with E-state index in [4.69, 9.17) is 18.0 Å². The van der Waals surface area contributed by atoms with Crippen molar-refractivity contribution < 1.29 is 5.11 Å². The minimum Gasteiger partial charge on any atom is -0.507 e. The zero-order chi connectivity index (χ0) is 10.8. The molecule has 2 rings (SSSR count). The molecule has 0 bridgehead atoms. The van der Waals surface area contributed by atoms with Crippen molar-refractivity contribution in [3.8, 4) is 5.75 Å². The second kappa shape index (κ2) is 3.74. The predicted molar refractivity (Wildman–Crippen MR) is 66.0 cm³/mol. The lowest BCUT2D eigenvalue weighted by atomic mass is 10.1. The lowest BCUT2D eigenvalue weighted by Gasteiger charge is -2.08. The molecule has 0 spiro atoms. The quantitative estimate of drug-likeness (QED) is 0.642. The summed E-state index contributed by atoms with van der Waals surface area (Å²) in [5, 5.41) is 14.4. The smallest absolute Gasteiger partial charge is 0.168 e. The van der Waals surface area contributed by atoms with Gasteiger partial charge in [0.05, 0.1) is 0 Å². The van der Waals surface area contributed by atoms with Gasteiger partial charge >= 0.3 is 0 Å². The molecule has 15 heavy (non-hydrogen) atoms. The summed E-state index contributed by atoms with van der Waals surface area (Å²) in [5.41, 5.74) is 6.21. The molecular weight excluding hydrogens is 208 g/mol. The second-order valence-electron chi connectivity index (χ2n) is 3.17. The van der Waals surface area contributed by atoms with Gasteiger partial charge in [-0.05, 0) is 24.4 Å². The number of fused-ring (bicyclic) bond motifs is 1. The SMILES string of the molecule is NC(=S)Nc1cccc2c(O)cccc12. The largest absolute Gasteiger partial charge is 0.507 e. The Balaban J connectivity index is 2.65. The van der Waals surface area contributed by atoms with Crippen molar-refractivity contribution in [1.82, 2.24) is 0 Å². The zero-order valence-electron chi connectivity index (χ0n) is 7.90. The average molecular weight is 218 g/mol. The van der Waals surface area contributed by atoms with Crippen LogP contribution in [-0.2, 0) is 0 Å². The number of aromatic hydroxyl groups is 1. The van der Waals surface area contributed by atoms with Crippen LogP contribution in [0.1, 0.15) is 0 Å². The van der Waals surface area contributed by atoms with Crippen molar-refractivity contribution in [1.29, 1.82) is 0 Å². The zero-order valence-corrected chi connectivity index (χ0v) is 8.71. The van der Waals surface area contributed by atoms with E-state index in [0.29, 0.717) is 0 Å². The molecule has 0 amide bonds. The van der Waals surface area contributed by atoms with Gasteiger partial charge in [0, 0.05) is 16.5 Å². The van der Waals surface area contributed by atoms with Crippen LogP contribution in [0.25, 0.3) is 10.8 Å². The van der Waals surface area contributed by atoms with Gasteiger partial charge in [-0.2, -0.15) is 0 Å². The first-order valence-corrected chi connectivity index (χ1v) is 4.86. The molecule has 4 heteroatoms. The number of phenolic OH excluding ortho intramolecular Hbond substituents is 1. The Kier molecular flexibility index (Phi) is 2.43. The number of hydrogen-bond acceptors (Lipinski definition) is 2. The first-order valence-electron chi connectivity index (χ1n) is 4.45. The van der Waals surface area contributed by atoms with Crippen molar-refractivity contribution >= 4 is 33.8 Å². The monoisotopic (exact) mass is 218 g/mol. The number of nitrogens with two attached hydrogens (primary N) is 1. The molecule has 0 unspecified atom stereocenters. The summed E-state index contributed by atoms with van der Waals surface area (Å²) in [6.07, 6.45) is 0. The number of rotatable bonds is 1. The van der Waals surface area contributed by atoms with Crippen LogP contribution in [0.2, 0.25) is 0 Å². The molecule has 0 aliphatic carbocycles. The Morgan fingerprint density at radius 3 is 2.53 bits per heavy atom. The summed E-state index contributed by atoms with van der Waals surface area (Å²) in [6, 6.07) is 10.9. The molecule has 0 fully saturated rings. The molecule has 0 aromatic heterocycles. The topological polar surface area (TPSA) is 58.3 Å². The normalized spacial score (nSPS) is 10.1. The number of benzene rings is 2. The van der Waals surface area contributed by atoms with Crippen molar-refractivity contribution in [2.75, 3.05) is 5.32 Å². The van der Waals surface area contributed by atoms with Crippen molar-refractivity contribution in [3.05, 3.63) is 36.4 Å². The van der Waals surface area contributed by atoms with E-state index in [1.807, 2.05) is 24.3 Å². The molecule has 0 aliphatic rings. The number of nitrogens with one attached hydrogen (secondary N) is 1. The van der Waals surface area contributed by atoms with E-state index in [9.17, 15) is 5.11 Å². The molecule has 0 heterocycles. The second-order valence-corrected chi connectivity index (χ2v) is 3.61. The first-order chi connectivity index (χ1) is 7.18.